The van der Waals surface area contributed by atoms with E-state index in [0.29, 0.717) is 37.9 Å². The number of pyridine rings is 1. The lowest BCUT2D eigenvalue weighted by atomic mass is 9.84. The maximum Gasteiger partial charge on any atom is 0.225 e. The summed E-state index contributed by atoms with van der Waals surface area (Å²) in [7, 11) is 2.04. The Morgan fingerprint density at radius 2 is 1.78 bits per heavy atom. The normalized spacial score (nSPS) is 23.9. The number of piperidine rings is 2. The Morgan fingerprint density at radius 1 is 1.00 bits per heavy atom. The molecule has 9 heteroatoms. The molecule has 2 saturated heterocycles. The minimum absolute atomic E-state index is 0.0254. The number of nitrogens with zero attached hydrogens (tertiary/aromatic N) is 5. The number of likely N-dealkylation sites (N-methyl/N-ethyl adjacent to an activating group) is 1. The van der Waals surface area contributed by atoms with Gasteiger partial charge in [0.2, 0.25) is 5.91 Å². The van der Waals surface area contributed by atoms with Crippen LogP contribution in [0.5, 0.6) is 0 Å². The molecule has 1 aromatic carbocycles. The smallest absolute Gasteiger partial charge is 0.225 e. The van der Waals surface area contributed by atoms with Gasteiger partial charge in [0.05, 0.1) is 22.8 Å². The van der Waals surface area contributed by atoms with Gasteiger partial charge in [-0.2, -0.15) is 5.10 Å². The van der Waals surface area contributed by atoms with Crippen LogP contribution in [0.4, 0.5) is 4.39 Å². The van der Waals surface area contributed by atoms with Crippen LogP contribution in [0.3, 0.4) is 0 Å². The average molecular weight is 667 g/mol. The second-order valence-corrected chi connectivity index (χ2v) is 15.4. The largest absolute Gasteiger partial charge is 0.393 e. The van der Waals surface area contributed by atoms with E-state index in [0.717, 1.165) is 102 Å². The van der Waals surface area contributed by atoms with Gasteiger partial charge in [-0.05, 0) is 126 Å². The predicted octanol–water partition coefficient (Wildman–Crippen LogP) is 6.73. The van der Waals surface area contributed by atoms with Gasteiger partial charge < -0.3 is 24.8 Å². The van der Waals surface area contributed by atoms with Gasteiger partial charge in [-0.1, -0.05) is 6.58 Å². The molecule has 1 amide bonds. The average Bonchev–Trinajstić information content (AvgIpc) is 3.80. The molecule has 4 aromatic rings. The quantitative estimate of drug-likeness (QED) is 0.218. The van der Waals surface area contributed by atoms with Gasteiger partial charge in [-0.25, -0.2) is 8.91 Å². The summed E-state index contributed by atoms with van der Waals surface area (Å²) in [6, 6.07) is 10.4. The van der Waals surface area contributed by atoms with Crippen LogP contribution in [-0.4, -0.2) is 80.4 Å². The van der Waals surface area contributed by atoms with Crippen molar-refractivity contribution in [2.75, 3.05) is 33.2 Å². The summed E-state index contributed by atoms with van der Waals surface area (Å²) >= 11 is 0. The number of aromatic nitrogens is 3. The van der Waals surface area contributed by atoms with Crippen molar-refractivity contribution in [2.24, 2.45) is 11.8 Å². The summed E-state index contributed by atoms with van der Waals surface area (Å²) in [5.74, 6) is 0.867. The van der Waals surface area contributed by atoms with E-state index in [4.69, 9.17) is 5.10 Å². The molecule has 4 fully saturated rings. The molecule has 2 saturated carbocycles. The van der Waals surface area contributed by atoms with Crippen molar-refractivity contribution in [1.29, 1.82) is 0 Å². The molecule has 5 heterocycles. The number of amides is 1. The van der Waals surface area contributed by atoms with E-state index < -0.39 is 0 Å². The fraction of sp³-hybridized carbons (Fsp3) is 0.550. The number of hydrogen-bond acceptors (Lipinski definition) is 5. The van der Waals surface area contributed by atoms with Crippen molar-refractivity contribution in [3.05, 3.63) is 65.6 Å². The van der Waals surface area contributed by atoms with E-state index in [-0.39, 0.29) is 29.7 Å². The number of carbonyl (C=O) groups is 1. The number of carbonyl (C=O) groups excluding carboxylic acids is 1. The second kappa shape index (κ2) is 13.2. The van der Waals surface area contributed by atoms with E-state index in [1.54, 1.807) is 12.1 Å². The van der Waals surface area contributed by atoms with Crippen LogP contribution in [0, 0.1) is 24.6 Å². The third-order valence-electron chi connectivity index (χ3n) is 12.1. The fourth-order valence-corrected chi connectivity index (χ4v) is 8.88. The molecule has 0 bridgehead atoms. The van der Waals surface area contributed by atoms with Gasteiger partial charge in [-0.15, -0.1) is 0 Å². The highest BCUT2D eigenvalue weighted by Gasteiger charge is 2.33. The Morgan fingerprint density at radius 3 is 2.51 bits per heavy atom. The number of benzene rings is 1. The molecule has 1 atom stereocenters. The number of likely N-dealkylation sites (tertiary alicyclic amines) is 2. The molecule has 0 radical (unpaired) electrons. The topological polar surface area (TPSA) is 78.0 Å². The lowest BCUT2D eigenvalue weighted by molar-refractivity contribution is -0.138. The standard InChI is InChI=1S/C40H51FN6O2/c1-25-36-13-10-30(26(2)45-16-4-5-33(24-45)42-3)23-47(36)43-38(25)37-20-31-19-32(41)21-35(39(31)46(37)22-27-6-7-27)28-14-17-44(18-15-28)40(49)29-8-11-34(48)12-9-29/h10,13,19-21,23,27-29,33-34,42,48H,2,4-9,11-12,14-18,22,24H2,1,3H3/t29-,33-,34-/m1/s1. The van der Waals surface area contributed by atoms with Crippen molar-refractivity contribution in [2.45, 2.75) is 95.7 Å². The zero-order valence-electron chi connectivity index (χ0n) is 29.1. The molecule has 0 spiro atoms. The summed E-state index contributed by atoms with van der Waals surface area (Å²) < 4.78 is 19.8. The SMILES string of the molecule is C=C(c1ccc2c(C)c(-c3cc4cc(F)cc(C5CCN(C(=O)[C@H]6CC[C@H](O)CC6)CC5)c4n3CC3CC3)nn2c1)N1CCC[C@@H](NC)C1. The number of halogens is 1. The molecule has 0 unspecified atom stereocenters. The van der Waals surface area contributed by atoms with Crippen molar-refractivity contribution >= 4 is 28.0 Å². The van der Waals surface area contributed by atoms with Gasteiger partial charge in [0, 0.05) is 73.1 Å². The molecular formula is C40H51FN6O2. The first-order valence-electron chi connectivity index (χ1n) is 18.7. The Bertz CT molecular complexity index is 1870. The van der Waals surface area contributed by atoms with Crippen molar-refractivity contribution in [1.82, 2.24) is 29.3 Å². The highest BCUT2D eigenvalue weighted by molar-refractivity contribution is 5.91. The number of hydrogen-bond donors (Lipinski definition) is 2. The van der Waals surface area contributed by atoms with Gasteiger partial charge in [0.15, 0.2) is 0 Å². The third-order valence-corrected chi connectivity index (χ3v) is 12.1. The summed E-state index contributed by atoms with van der Waals surface area (Å²) in [4.78, 5) is 17.8. The molecule has 49 heavy (non-hydrogen) atoms. The predicted molar refractivity (Wildman–Crippen MR) is 193 cm³/mol. The molecular weight excluding hydrogens is 615 g/mol. The number of rotatable bonds is 8. The lowest BCUT2D eigenvalue weighted by Crippen LogP contribution is -2.43. The van der Waals surface area contributed by atoms with Gasteiger partial charge in [0.25, 0.3) is 0 Å². The first-order valence-corrected chi connectivity index (χ1v) is 18.7. The first kappa shape index (κ1) is 32.5. The van der Waals surface area contributed by atoms with Crippen molar-refractivity contribution in [3.63, 3.8) is 0 Å². The van der Waals surface area contributed by atoms with Gasteiger partial charge in [0.1, 0.15) is 11.5 Å². The van der Waals surface area contributed by atoms with Crippen LogP contribution in [0.1, 0.15) is 86.8 Å². The van der Waals surface area contributed by atoms with E-state index >= 15 is 4.39 Å². The fourth-order valence-electron chi connectivity index (χ4n) is 8.88. The number of fused-ring (bicyclic) bond motifs is 2. The van der Waals surface area contributed by atoms with E-state index in [2.05, 4.69) is 52.7 Å². The highest BCUT2D eigenvalue weighted by Crippen LogP contribution is 2.42. The first-order chi connectivity index (χ1) is 23.8. The number of aliphatic hydroxyl groups is 1. The Kier molecular flexibility index (Phi) is 8.77. The third kappa shape index (κ3) is 6.29. The molecule has 260 valence electrons. The molecule has 2 N–H and O–H groups in total. The zero-order chi connectivity index (χ0) is 33.8. The Balaban J connectivity index is 1.11. The van der Waals surface area contributed by atoms with Crippen molar-refractivity contribution in [3.8, 4) is 11.4 Å². The monoisotopic (exact) mass is 666 g/mol. The minimum atomic E-state index is -0.264. The highest BCUT2D eigenvalue weighted by atomic mass is 19.1. The van der Waals surface area contributed by atoms with Crippen LogP contribution in [0.25, 0.3) is 33.5 Å². The van der Waals surface area contributed by atoms with Crippen LogP contribution in [-0.2, 0) is 11.3 Å². The summed E-state index contributed by atoms with van der Waals surface area (Å²) in [5.41, 5.74) is 8.48. The Hall–Kier alpha value is -3.69. The molecule has 2 aliphatic carbocycles. The van der Waals surface area contributed by atoms with E-state index in [1.165, 1.54) is 19.3 Å². The van der Waals surface area contributed by atoms with E-state index in [1.807, 2.05) is 16.5 Å². The van der Waals surface area contributed by atoms with Crippen LogP contribution >= 0.6 is 0 Å². The number of nitrogens with one attached hydrogen (secondary N) is 1. The maximum absolute atomic E-state index is 15.4. The van der Waals surface area contributed by atoms with Crippen LogP contribution in [0.2, 0.25) is 0 Å². The van der Waals surface area contributed by atoms with Crippen LogP contribution in [0.15, 0.2) is 43.1 Å². The number of aliphatic hydroxyl groups excluding tert-OH is 1. The van der Waals surface area contributed by atoms with Crippen molar-refractivity contribution < 1.29 is 14.3 Å². The molecule has 2 aliphatic heterocycles. The van der Waals surface area contributed by atoms with E-state index in [9.17, 15) is 9.90 Å². The second-order valence-electron chi connectivity index (χ2n) is 15.4. The number of aryl methyl sites for hydroxylation is 1. The zero-order valence-corrected chi connectivity index (χ0v) is 29.1. The lowest BCUT2D eigenvalue weighted by Gasteiger charge is -2.36. The molecule has 8 rings (SSSR count). The maximum atomic E-state index is 15.4. The van der Waals surface area contributed by atoms with Gasteiger partial charge in [-0.3, -0.25) is 4.79 Å². The summed E-state index contributed by atoms with van der Waals surface area (Å²) in [5, 5.41) is 19.5. The summed E-state index contributed by atoms with van der Waals surface area (Å²) in [6.45, 7) is 10.9. The molecule has 8 nitrogen and oxygen atoms in total. The Labute approximate surface area is 288 Å². The molecule has 4 aliphatic rings. The van der Waals surface area contributed by atoms with Crippen LogP contribution < -0.4 is 5.32 Å². The van der Waals surface area contributed by atoms with Gasteiger partial charge >= 0.3 is 0 Å². The minimum Gasteiger partial charge on any atom is -0.393 e. The molecule has 3 aromatic heterocycles. The summed E-state index contributed by atoms with van der Waals surface area (Å²) in [6.07, 6.45) is 11.3.